The van der Waals surface area contributed by atoms with Gasteiger partial charge in [0.25, 0.3) is 10.0 Å². The standard InChI is InChI=1S/C10H13N5O3S3/c1-6-8(19-5-11-6)3-4-12-21(17,18)10-15-14-9(20-10)13-7(2)16/h5,12H,3-4H2,1-2H3,(H,13,14,16). The van der Waals surface area contributed by atoms with Crippen LogP contribution in [0.4, 0.5) is 5.13 Å². The maximum Gasteiger partial charge on any atom is 0.269 e. The first kappa shape index (κ1) is 15.9. The number of nitrogens with one attached hydrogen (secondary N) is 2. The number of aromatic nitrogens is 3. The molecule has 0 fully saturated rings. The third-order valence-electron chi connectivity index (χ3n) is 2.41. The van der Waals surface area contributed by atoms with Crippen LogP contribution in [0.25, 0.3) is 0 Å². The topological polar surface area (TPSA) is 114 Å². The van der Waals surface area contributed by atoms with Gasteiger partial charge in [0.15, 0.2) is 0 Å². The number of amides is 1. The zero-order chi connectivity index (χ0) is 15.5. The van der Waals surface area contributed by atoms with E-state index >= 15 is 0 Å². The lowest BCUT2D eigenvalue weighted by molar-refractivity contribution is -0.114. The molecule has 11 heteroatoms. The number of hydrogen-bond donors (Lipinski definition) is 2. The van der Waals surface area contributed by atoms with E-state index in [0.717, 1.165) is 21.9 Å². The van der Waals surface area contributed by atoms with Gasteiger partial charge in [0.1, 0.15) is 0 Å². The Morgan fingerprint density at radius 2 is 2.14 bits per heavy atom. The van der Waals surface area contributed by atoms with Crippen LogP contribution in [0.1, 0.15) is 17.5 Å². The molecule has 0 radical (unpaired) electrons. The molecule has 0 aliphatic heterocycles. The Hall–Kier alpha value is -1.43. The minimum atomic E-state index is -3.71. The van der Waals surface area contributed by atoms with Gasteiger partial charge in [-0.3, -0.25) is 4.79 Å². The van der Waals surface area contributed by atoms with Crippen LogP contribution in [0.2, 0.25) is 0 Å². The van der Waals surface area contributed by atoms with Gasteiger partial charge in [-0.05, 0) is 13.3 Å². The van der Waals surface area contributed by atoms with Gasteiger partial charge in [-0.25, -0.2) is 18.1 Å². The molecule has 1 amide bonds. The second kappa shape index (κ2) is 6.56. The molecule has 2 heterocycles. The molecule has 0 bridgehead atoms. The third-order valence-corrected chi connectivity index (χ3v) is 6.07. The molecule has 114 valence electrons. The van der Waals surface area contributed by atoms with E-state index in [9.17, 15) is 13.2 Å². The molecule has 0 aliphatic carbocycles. The predicted octanol–water partition coefficient (Wildman–Crippen LogP) is 0.782. The molecule has 0 aromatic carbocycles. The largest absolute Gasteiger partial charge is 0.301 e. The number of hydrogen-bond acceptors (Lipinski definition) is 8. The van der Waals surface area contributed by atoms with Crippen molar-refractivity contribution in [1.82, 2.24) is 19.9 Å². The maximum atomic E-state index is 12.0. The first-order valence-electron chi connectivity index (χ1n) is 5.88. The summed E-state index contributed by atoms with van der Waals surface area (Å²) in [5, 5.41) is 9.72. The van der Waals surface area contributed by atoms with Crippen LogP contribution in [0.3, 0.4) is 0 Å². The van der Waals surface area contributed by atoms with Gasteiger partial charge >= 0.3 is 0 Å². The van der Waals surface area contributed by atoms with Crippen molar-refractivity contribution in [3.63, 3.8) is 0 Å². The van der Waals surface area contributed by atoms with Crippen LogP contribution >= 0.6 is 22.7 Å². The molecule has 0 unspecified atom stereocenters. The van der Waals surface area contributed by atoms with Crippen LogP contribution in [-0.4, -0.2) is 36.1 Å². The van der Waals surface area contributed by atoms with Gasteiger partial charge < -0.3 is 5.32 Å². The van der Waals surface area contributed by atoms with Crippen molar-refractivity contribution in [2.75, 3.05) is 11.9 Å². The predicted molar refractivity (Wildman–Crippen MR) is 80.0 cm³/mol. The lowest BCUT2D eigenvalue weighted by Crippen LogP contribution is -2.25. The molecule has 2 N–H and O–H groups in total. The minimum Gasteiger partial charge on any atom is -0.301 e. The van der Waals surface area contributed by atoms with Gasteiger partial charge in [-0.15, -0.1) is 21.5 Å². The fraction of sp³-hybridized carbons (Fsp3) is 0.400. The van der Waals surface area contributed by atoms with E-state index in [-0.39, 0.29) is 21.9 Å². The van der Waals surface area contributed by atoms with Crippen molar-refractivity contribution in [1.29, 1.82) is 0 Å². The zero-order valence-corrected chi connectivity index (χ0v) is 13.7. The minimum absolute atomic E-state index is 0.154. The van der Waals surface area contributed by atoms with Gasteiger partial charge in [-0.1, -0.05) is 11.3 Å². The number of aryl methyl sites for hydroxylation is 1. The van der Waals surface area contributed by atoms with E-state index in [1.807, 2.05) is 6.92 Å². The number of nitrogens with zero attached hydrogens (tertiary/aromatic N) is 3. The normalized spacial score (nSPS) is 11.5. The highest BCUT2D eigenvalue weighted by molar-refractivity contribution is 7.91. The summed E-state index contributed by atoms with van der Waals surface area (Å²) in [6.07, 6.45) is 0.563. The summed E-state index contributed by atoms with van der Waals surface area (Å²) in [7, 11) is -3.71. The highest BCUT2D eigenvalue weighted by Gasteiger charge is 2.20. The second-order valence-corrected chi connectivity index (χ2v) is 7.92. The van der Waals surface area contributed by atoms with Crippen molar-refractivity contribution < 1.29 is 13.2 Å². The molecular formula is C10H13N5O3S3. The van der Waals surface area contributed by atoms with Gasteiger partial charge in [0.05, 0.1) is 11.2 Å². The van der Waals surface area contributed by atoms with Crippen LogP contribution in [0.5, 0.6) is 0 Å². The fourth-order valence-corrected chi connectivity index (χ4v) is 4.25. The van der Waals surface area contributed by atoms with E-state index in [0.29, 0.717) is 6.42 Å². The third kappa shape index (κ3) is 4.27. The highest BCUT2D eigenvalue weighted by Crippen LogP contribution is 2.19. The number of rotatable bonds is 6. The first-order chi connectivity index (χ1) is 9.88. The summed E-state index contributed by atoms with van der Waals surface area (Å²) >= 11 is 2.29. The van der Waals surface area contributed by atoms with E-state index in [1.165, 1.54) is 18.3 Å². The Morgan fingerprint density at radius 3 is 2.76 bits per heavy atom. The molecule has 0 aliphatic rings. The lowest BCUT2D eigenvalue weighted by Gasteiger charge is -2.02. The van der Waals surface area contributed by atoms with Crippen molar-refractivity contribution in [3.8, 4) is 0 Å². The molecule has 21 heavy (non-hydrogen) atoms. The first-order valence-corrected chi connectivity index (χ1v) is 9.06. The Balaban J connectivity index is 1.96. The molecule has 0 saturated carbocycles. The summed E-state index contributed by atoms with van der Waals surface area (Å²) in [6.45, 7) is 3.44. The lowest BCUT2D eigenvalue weighted by atomic mass is 10.3. The van der Waals surface area contributed by atoms with Crippen LogP contribution in [-0.2, 0) is 21.2 Å². The summed E-state index contributed by atoms with van der Waals surface area (Å²) in [4.78, 5) is 16.0. The van der Waals surface area contributed by atoms with E-state index in [2.05, 4.69) is 25.2 Å². The van der Waals surface area contributed by atoms with Crippen molar-refractivity contribution >= 4 is 43.7 Å². The molecule has 2 aromatic rings. The maximum absolute atomic E-state index is 12.0. The SMILES string of the molecule is CC(=O)Nc1nnc(S(=O)(=O)NCCc2scnc2C)s1. The van der Waals surface area contributed by atoms with Crippen LogP contribution < -0.4 is 10.0 Å². The quantitative estimate of drug-likeness (QED) is 0.747. The number of carbonyl (C=O) groups excluding carboxylic acids is 1. The van der Waals surface area contributed by atoms with Crippen LogP contribution in [0, 0.1) is 6.92 Å². The fourth-order valence-electron chi connectivity index (χ4n) is 1.45. The molecule has 8 nitrogen and oxygen atoms in total. The van der Waals surface area contributed by atoms with E-state index in [4.69, 9.17) is 0 Å². The monoisotopic (exact) mass is 347 g/mol. The summed E-state index contributed by atoms with van der Waals surface area (Å²) in [5.74, 6) is -0.330. The van der Waals surface area contributed by atoms with Crippen molar-refractivity contribution in [3.05, 3.63) is 16.1 Å². The molecular weight excluding hydrogens is 334 g/mol. The average molecular weight is 347 g/mol. The van der Waals surface area contributed by atoms with Gasteiger partial charge in [0.2, 0.25) is 15.4 Å². The Kier molecular flexibility index (Phi) is 4.98. The van der Waals surface area contributed by atoms with Gasteiger partial charge in [0, 0.05) is 18.3 Å². The molecule has 0 spiro atoms. The molecule has 0 atom stereocenters. The number of anilines is 1. The average Bonchev–Trinajstić information content (AvgIpc) is 2.99. The van der Waals surface area contributed by atoms with Crippen molar-refractivity contribution in [2.24, 2.45) is 0 Å². The number of sulfonamides is 1. The summed E-state index contributed by atoms with van der Waals surface area (Å²) < 4.78 is 26.3. The molecule has 2 aromatic heterocycles. The Morgan fingerprint density at radius 1 is 1.38 bits per heavy atom. The van der Waals surface area contributed by atoms with E-state index in [1.54, 1.807) is 5.51 Å². The summed E-state index contributed by atoms with van der Waals surface area (Å²) in [6, 6.07) is 0. The highest BCUT2D eigenvalue weighted by atomic mass is 32.2. The zero-order valence-electron chi connectivity index (χ0n) is 11.3. The van der Waals surface area contributed by atoms with Crippen LogP contribution in [0.15, 0.2) is 9.85 Å². The van der Waals surface area contributed by atoms with E-state index < -0.39 is 10.0 Å². The molecule has 2 rings (SSSR count). The Labute approximate surface area is 129 Å². The second-order valence-electron chi connectivity index (χ2n) is 4.06. The Bertz CT molecular complexity index is 737. The smallest absolute Gasteiger partial charge is 0.269 e. The number of thiazole rings is 1. The van der Waals surface area contributed by atoms with Gasteiger partial charge in [-0.2, -0.15) is 0 Å². The number of carbonyl (C=O) groups is 1. The summed E-state index contributed by atoms with van der Waals surface area (Å²) in [5.41, 5.74) is 2.63. The molecule has 0 saturated heterocycles. The van der Waals surface area contributed by atoms with Crippen molar-refractivity contribution in [2.45, 2.75) is 24.6 Å².